The van der Waals surface area contributed by atoms with Crippen LogP contribution in [0.15, 0.2) is 174 Å². The number of fused-ring (bicyclic) bond motifs is 8. The fourth-order valence-corrected chi connectivity index (χ4v) is 7.30. The van der Waals surface area contributed by atoms with Crippen LogP contribution < -0.4 is 0 Å². The average Bonchev–Trinajstić information content (AvgIpc) is 3.70. The minimum Gasteiger partial charge on any atom is -0.456 e. The third-order valence-corrected chi connectivity index (χ3v) is 9.57. The molecule has 3 heteroatoms. The molecular formula is C45H28N2O. The van der Waals surface area contributed by atoms with Crippen LogP contribution >= 0.6 is 0 Å². The van der Waals surface area contributed by atoms with Crippen molar-refractivity contribution in [2.45, 2.75) is 0 Å². The Hall–Kier alpha value is -6.45. The Kier molecular flexibility index (Phi) is 5.87. The fraction of sp³-hybridized carbons (Fsp3) is 0. The van der Waals surface area contributed by atoms with Gasteiger partial charge in [0.25, 0.3) is 0 Å². The van der Waals surface area contributed by atoms with Crippen LogP contribution in [-0.4, -0.2) is 9.55 Å². The maximum absolute atomic E-state index is 6.24. The Morgan fingerprint density at radius 3 is 1.77 bits per heavy atom. The Balaban J connectivity index is 1.14. The van der Waals surface area contributed by atoms with Crippen molar-refractivity contribution >= 4 is 54.5 Å². The molecule has 7 aromatic carbocycles. The first-order chi connectivity index (χ1) is 23.8. The molecule has 0 aliphatic rings. The molecule has 0 saturated heterocycles. The van der Waals surface area contributed by atoms with Crippen molar-refractivity contribution in [1.82, 2.24) is 9.55 Å². The van der Waals surface area contributed by atoms with E-state index in [1.807, 2.05) is 24.3 Å². The first-order valence-corrected chi connectivity index (χ1v) is 16.3. The highest BCUT2D eigenvalue weighted by molar-refractivity contribution is 6.23. The van der Waals surface area contributed by atoms with Crippen LogP contribution in [0.1, 0.15) is 0 Å². The van der Waals surface area contributed by atoms with E-state index in [0.29, 0.717) is 0 Å². The summed E-state index contributed by atoms with van der Waals surface area (Å²) in [5.74, 6) is 0. The van der Waals surface area contributed by atoms with E-state index in [1.165, 1.54) is 38.0 Å². The summed E-state index contributed by atoms with van der Waals surface area (Å²) in [5.41, 5.74) is 11.8. The van der Waals surface area contributed by atoms with E-state index in [9.17, 15) is 0 Å². The van der Waals surface area contributed by atoms with Gasteiger partial charge in [-0.1, -0.05) is 115 Å². The lowest BCUT2D eigenvalue weighted by Gasteiger charge is -2.12. The van der Waals surface area contributed by atoms with Crippen molar-refractivity contribution in [3.05, 3.63) is 170 Å². The van der Waals surface area contributed by atoms with E-state index in [2.05, 4.69) is 150 Å². The maximum atomic E-state index is 6.24. The lowest BCUT2D eigenvalue weighted by molar-refractivity contribution is 0.669. The van der Waals surface area contributed by atoms with Gasteiger partial charge in [0, 0.05) is 38.4 Å². The van der Waals surface area contributed by atoms with E-state index in [-0.39, 0.29) is 0 Å². The van der Waals surface area contributed by atoms with Gasteiger partial charge in [-0.15, -0.1) is 0 Å². The van der Waals surface area contributed by atoms with Gasteiger partial charge in [-0.3, -0.25) is 0 Å². The number of hydrogen-bond acceptors (Lipinski definition) is 2. The van der Waals surface area contributed by atoms with Gasteiger partial charge < -0.3 is 8.98 Å². The number of furan rings is 1. The van der Waals surface area contributed by atoms with Gasteiger partial charge in [0.15, 0.2) is 0 Å². The maximum Gasteiger partial charge on any atom is 0.136 e. The smallest absolute Gasteiger partial charge is 0.136 e. The van der Waals surface area contributed by atoms with Crippen LogP contribution in [0.4, 0.5) is 0 Å². The van der Waals surface area contributed by atoms with Crippen LogP contribution in [-0.2, 0) is 0 Å². The summed E-state index contributed by atoms with van der Waals surface area (Å²) in [5, 5.41) is 7.20. The molecule has 3 heterocycles. The highest BCUT2D eigenvalue weighted by Crippen LogP contribution is 2.40. The first-order valence-electron chi connectivity index (χ1n) is 16.3. The van der Waals surface area contributed by atoms with Crippen LogP contribution in [0.25, 0.3) is 93.8 Å². The van der Waals surface area contributed by atoms with E-state index < -0.39 is 0 Å². The number of hydrogen-bond donors (Lipinski definition) is 0. The Morgan fingerprint density at radius 2 is 1.04 bits per heavy atom. The molecule has 0 spiro atoms. The van der Waals surface area contributed by atoms with Gasteiger partial charge in [-0.05, 0) is 76.5 Å². The summed E-state index contributed by atoms with van der Waals surface area (Å²) < 4.78 is 8.63. The van der Waals surface area contributed by atoms with Crippen LogP contribution in [0, 0.1) is 0 Å². The topological polar surface area (TPSA) is 31.0 Å². The molecule has 0 amide bonds. The SMILES string of the molecule is c1ccc(-c2cc(-c3ccc(-n4c5ccccc5c5cc6c(ccc7oc8ccccc8c76)cc54)cc3)cc(-c3ccccc3)n2)cc1. The highest BCUT2D eigenvalue weighted by atomic mass is 16.3. The Bertz CT molecular complexity index is 2750. The molecule has 0 radical (unpaired) electrons. The van der Waals surface area contributed by atoms with Crippen molar-refractivity contribution in [3.8, 4) is 39.3 Å². The molecule has 0 saturated carbocycles. The van der Waals surface area contributed by atoms with E-state index in [1.54, 1.807) is 0 Å². The molecular weight excluding hydrogens is 585 g/mol. The molecule has 0 aliphatic carbocycles. The zero-order chi connectivity index (χ0) is 31.6. The minimum atomic E-state index is 0.920. The average molecular weight is 613 g/mol. The standard InChI is InChI=1S/C45H28N2O/c1-3-11-30(12-4-1)39-25-33(26-40(46-39)31-13-5-2-6-14-31)29-19-22-34(23-20-29)47-41-17-9-7-15-35(41)38-28-37-32(27-42(38)47)21-24-44-45(37)36-16-8-10-18-43(36)48-44/h1-28H. The second-order valence-electron chi connectivity index (χ2n) is 12.4. The second-order valence-corrected chi connectivity index (χ2v) is 12.4. The fourth-order valence-electron chi connectivity index (χ4n) is 7.30. The monoisotopic (exact) mass is 612 g/mol. The van der Waals surface area contributed by atoms with Gasteiger partial charge >= 0.3 is 0 Å². The molecule has 3 nitrogen and oxygen atoms in total. The van der Waals surface area contributed by atoms with Gasteiger partial charge in [0.05, 0.1) is 22.4 Å². The molecule has 48 heavy (non-hydrogen) atoms. The molecule has 0 aliphatic heterocycles. The lowest BCUT2D eigenvalue weighted by Crippen LogP contribution is -1.94. The molecule has 0 unspecified atom stereocenters. The van der Waals surface area contributed by atoms with E-state index in [0.717, 1.165) is 55.9 Å². The van der Waals surface area contributed by atoms with E-state index >= 15 is 0 Å². The summed E-state index contributed by atoms with van der Waals surface area (Å²) in [6.45, 7) is 0. The number of rotatable bonds is 4. The third kappa shape index (κ3) is 4.18. The molecule has 0 atom stereocenters. The van der Waals surface area contributed by atoms with Crippen LogP contribution in [0.3, 0.4) is 0 Å². The van der Waals surface area contributed by atoms with Gasteiger partial charge in [0.1, 0.15) is 11.2 Å². The normalized spacial score (nSPS) is 11.8. The molecule has 10 rings (SSSR count). The van der Waals surface area contributed by atoms with Crippen LogP contribution in [0.2, 0.25) is 0 Å². The Labute approximate surface area is 277 Å². The first kappa shape index (κ1) is 26.7. The van der Waals surface area contributed by atoms with Crippen molar-refractivity contribution in [2.75, 3.05) is 0 Å². The van der Waals surface area contributed by atoms with Gasteiger partial charge in [-0.25, -0.2) is 4.98 Å². The van der Waals surface area contributed by atoms with Gasteiger partial charge in [0.2, 0.25) is 0 Å². The van der Waals surface area contributed by atoms with Crippen molar-refractivity contribution in [1.29, 1.82) is 0 Å². The summed E-state index contributed by atoms with van der Waals surface area (Å²) in [6.07, 6.45) is 0. The number of aromatic nitrogens is 2. The molecule has 0 N–H and O–H groups in total. The van der Waals surface area contributed by atoms with Gasteiger partial charge in [-0.2, -0.15) is 0 Å². The zero-order valence-electron chi connectivity index (χ0n) is 26.0. The number of nitrogens with zero attached hydrogens (tertiary/aromatic N) is 2. The zero-order valence-corrected chi connectivity index (χ0v) is 26.0. The number of benzene rings is 7. The van der Waals surface area contributed by atoms with Crippen molar-refractivity contribution in [2.24, 2.45) is 0 Å². The predicted octanol–water partition coefficient (Wildman–Crippen LogP) is 12.2. The molecule has 3 aromatic heterocycles. The number of pyridine rings is 1. The lowest BCUT2D eigenvalue weighted by atomic mass is 9.99. The van der Waals surface area contributed by atoms with E-state index in [4.69, 9.17) is 9.40 Å². The molecule has 10 aromatic rings. The molecule has 0 bridgehead atoms. The number of para-hydroxylation sites is 2. The van der Waals surface area contributed by atoms with Crippen molar-refractivity contribution < 1.29 is 4.42 Å². The van der Waals surface area contributed by atoms with Crippen molar-refractivity contribution in [3.63, 3.8) is 0 Å². The summed E-state index contributed by atoms with van der Waals surface area (Å²) >= 11 is 0. The Morgan fingerprint density at radius 1 is 0.396 bits per heavy atom. The molecule has 0 fully saturated rings. The summed E-state index contributed by atoms with van der Waals surface area (Å²) in [6, 6.07) is 60.2. The third-order valence-electron chi connectivity index (χ3n) is 9.57. The highest BCUT2D eigenvalue weighted by Gasteiger charge is 2.17. The minimum absolute atomic E-state index is 0.920. The van der Waals surface area contributed by atoms with Crippen LogP contribution in [0.5, 0.6) is 0 Å². The largest absolute Gasteiger partial charge is 0.456 e. The predicted molar refractivity (Wildman–Crippen MR) is 200 cm³/mol. The molecule has 224 valence electrons. The second kappa shape index (κ2) is 10.5. The summed E-state index contributed by atoms with van der Waals surface area (Å²) in [4.78, 5) is 5.07. The summed E-state index contributed by atoms with van der Waals surface area (Å²) in [7, 11) is 0. The quantitative estimate of drug-likeness (QED) is 0.198.